The molecule has 1 spiro atoms. The normalized spacial score (nSPS) is 21.9. The van der Waals surface area contributed by atoms with Crippen molar-refractivity contribution in [1.82, 2.24) is 14.7 Å². The molecule has 1 aliphatic carbocycles. The predicted octanol–water partition coefficient (Wildman–Crippen LogP) is 4.51. The van der Waals surface area contributed by atoms with E-state index in [0.29, 0.717) is 5.41 Å². The first-order valence-corrected chi connectivity index (χ1v) is 10.6. The van der Waals surface area contributed by atoms with Crippen molar-refractivity contribution < 1.29 is 4.79 Å². The molecule has 1 aliphatic heterocycles. The van der Waals surface area contributed by atoms with E-state index in [4.69, 9.17) is 0 Å². The Balaban J connectivity index is 1.78. The molecule has 0 saturated carbocycles. The zero-order chi connectivity index (χ0) is 19.6. The summed E-state index contributed by atoms with van der Waals surface area (Å²) in [7, 11) is 5.63. The van der Waals surface area contributed by atoms with Crippen LogP contribution in [0, 0.1) is 5.92 Å². The lowest BCUT2D eigenvalue weighted by Crippen LogP contribution is -2.47. The van der Waals surface area contributed by atoms with Crippen LogP contribution in [0.15, 0.2) is 24.3 Å². The fourth-order valence-electron chi connectivity index (χ4n) is 4.99. The highest BCUT2D eigenvalue weighted by Gasteiger charge is 2.43. The first kappa shape index (κ1) is 20.2. The number of nitrogens with zero attached hydrogens (tertiary/aromatic N) is 3. The molecule has 3 rings (SSSR count). The van der Waals surface area contributed by atoms with Gasteiger partial charge in [-0.1, -0.05) is 38.1 Å². The van der Waals surface area contributed by atoms with Crippen LogP contribution in [0.2, 0.25) is 0 Å². The monoisotopic (exact) mass is 371 g/mol. The van der Waals surface area contributed by atoms with Crippen molar-refractivity contribution in [2.45, 2.75) is 57.4 Å². The van der Waals surface area contributed by atoms with Crippen molar-refractivity contribution in [3.8, 4) is 0 Å². The van der Waals surface area contributed by atoms with Crippen LogP contribution in [0.1, 0.15) is 63.1 Å². The number of benzene rings is 1. The van der Waals surface area contributed by atoms with Crippen molar-refractivity contribution in [1.29, 1.82) is 0 Å². The van der Waals surface area contributed by atoms with Gasteiger partial charge in [0.25, 0.3) is 0 Å². The first-order valence-electron chi connectivity index (χ1n) is 10.6. The topological polar surface area (TPSA) is 26.8 Å². The second-order valence-corrected chi connectivity index (χ2v) is 9.23. The first-order chi connectivity index (χ1) is 12.8. The van der Waals surface area contributed by atoms with E-state index in [1.54, 1.807) is 4.90 Å². The Kier molecular flexibility index (Phi) is 6.15. The Hall–Kier alpha value is -1.55. The quantitative estimate of drug-likeness (QED) is 0.778. The molecule has 150 valence electrons. The van der Waals surface area contributed by atoms with Crippen molar-refractivity contribution in [2.24, 2.45) is 5.92 Å². The van der Waals surface area contributed by atoms with Gasteiger partial charge in [0, 0.05) is 21.1 Å². The summed E-state index contributed by atoms with van der Waals surface area (Å²) >= 11 is 0. The van der Waals surface area contributed by atoms with E-state index in [-0.39, 0.29) is 12.1 Å². The lowest BCUT2D eigenvalue weighted by atomic mass is 9.63. The van der Waals surface area contributed by atoms with Gasteiger partial charge in [-0.25, -0.2) is 4.79 Å². The average Bonchev–Trinajstić information content (AvgIpc) is 2.67. The number of carbonyl (C=O) groups excluding carboxylic acids is 1. The third-order valence-corrected chi connectivity index (χ3v) is 6.78. The molecule has 0 aromatic heterocycles. The molecule has 2 amide bonds. The van der Waals surface area contributed by atoms with Crippen LogP contribution in [0.25, 0.3) is 0 Å². The lowest BCUT2D eigenvalue weighted by Gasteiger charge is -2.48. The Morgan fingerprint density at radius 2 is 1.81 bits per heavy atom. The van der Waals surface area contributed by atoms with Crippen LogP contribution in [-0.4, -0.2) is 61.5 Å². The van der Waals surface area contributed by atoms with E-state index >= 15 is 0 Å². The number of piperidine rings is 1. The van der Waals surface area contributed by atoms with Gasteiger partial charge in [-0.2, -0.15) is 0 Å². The van der Waals surface area contributed by atoms with Crippen LogP contribution >= 0.6 is 0 Å². The van der Waals surface area contributed by atoms with Crippen LogP contribution in [0.5, 0.6) is 0 Å². The minimum Gasteiger partial charge on any atom is -0.331 e. The van der Waals surface area contributed by atoms with Gasteiger partial charge in [-0.3, -0.25) is 0 Å². The number of carbonyl (C=O) groups is 1. The van der Waals surface area contributed by atoms with Gasteiger partial charge in [-0.05, 0) is 74.2 Å². The molecular weight excluding hydrogens is 334 g/mol. The van der Waals surface area contributed by atoms with Crippen molar-refractivity contribution in [3.05, 3.63) is 35.4 Å². The molecule has 1 aromatic carbocycles. The Bertz CT molecular complexity index is 647. The van der Waals surface area contributed by atoms with Gasteiger partial charge >= 0.3 is 6.03 Å². The van der Waals surface area contributed by atoms with E-state index in [1.165, 1.54) is 56.4 Å². The van der Waals surface area contributed by atoms with Crippen LogP contribution in [-0.2, 0) is 5.41 Å². The Morgan fingerprint density at radius 1 is 1.15 bits per heavy atom. The smallest absolute Gasteiger partial charge is 0.319 e. The average molecular weight is 372 g/mol. The zero-order valence-electron chi connectivity index (χ0n) is 17.9. The fraction of sp³-hybridized carbons (Fsp3) is 0.696. The maximum absolute atomic E-state index is 12.5. The minimum atomic E-state index is 0.0919. The number of urea groups is 1. The molecule has 0 radical (unpaired) electrons. The number of likely N-dealkylation sites (tertiary alicyclic amines) is 1. The predicted molar refractivity (Wildman–Crippen MR) is 112 cm³/mol. The standard InChI is InChI=1S/C23H37N3O/c1-18(2)11-15-26-16-13-23(14-17-26)12-10-21(25(5)22(27)24(3)4)19-8-6-7-9-20(19)23/h6-9,18,21H,10-17H2,1-5H3/t21-/m0/s1. The SMILES string of the molecule is CC(C)CCN1CCC2(CC[C@H](N(C)C(=O)N(C)C)c3ccccc32)CC1. The maximum Gasteiger partial charge on any atom is 0.319 e. The summed E-state index contributed by atoms with van der Waals surface area (Å²) in [5.41, 5.74) is 3.18. The highest BCUT2D eigenvalue weighted by atomic mass is 16.2. The summed E-state index contributed by atoms with van der Waals surface area (Å²) in [6, 6.07) is 9.19. The van der Waals surface area contributed by atoms with Gasteiger partial charge < -0.3 is 14.7 Å². The van der Waals surface area contributed by atoms with Gasteiger partial charge in [0.05, 0.1) is 6.04 Å². The van der Waals surface area contributed by atoms with Gasteiger partial charge in [0.1, 0.15) is 0 Å². The molecule has 0 bridgehead atoms. The molecule has 27 heavy (non-hydrogen) atoms. The molecule has 0 N–H and O–H groups in total. The second-order valence-electron chi connectivity index (χ2n) is 9.23. The maximum atomic E-state index is 12.5. The summed E-state index contributed by atoms with van der Waals surface area (Å²) in [5.74, 6) is 0.779. The summed E-state index contributed by atoms with van der Waals surface area (Å²) in [5, 5.41) is 0. The highest BCUT2D eigenvalue weighted by molar-refractivity contribution is 5.74. The molecule has 4 nitrogen and oxygen atoms in total. The molecule has 4 heteroatoms. The van der Waals surface area contributed by atoms with Crippen molar-refractivity contribution in [3.63, 3.8) is 0 Å². The van der Waals surface area contributed by atoms with E-state index < -0.39 is 0 Å². The van der Waals surface area contributed by atoms with Crippen LogP contribution in [0.4, 0.5) is 4.79 Å². The fourth-order valence-corrected chi connectivity index (χ4v) is 4.99. The molecule has 2 aliphatic rings. The summed E-state index contributed by atoms with van der Waals surface area (Å²) < 4.78 is 0. The zero-order valence-corrected chi connectivity index (χ0v) is 17.9. The van der Waals surface area contributed by atoms with E-state index in [9.17, 15) is 4.79 Å². The largest absolute Gasteiger partial charge is 0.331 e. The Morgan fingerprint density at radius 3 is 2.44 bits per heavy atom. The molecule has 1 heterocycles. The van der Waals surface area contributed by atoms with Gasteiger partial charge in [0.15, 0.2) is 0 Å². The highest BCUT2D eigenvalue weighted by Crippen LogP contribution is 2.49. The van der Waals surface area contributed by atoms with E-state index in [1.807, 2.05) is 26.0 Å². The molecule has 1 saturated heterocycles. The van der Waals surface area contributed by atoms with Gasteiger partial charge in [-0.15, -0.1) is 0 Å². The van der Waals surface area contributed by atoms with Crippen LogP contribution < -0.4 is 0 Å². The molecule has 0 unspecified atom stereocenters. The number of amides is 2. The van der Waals surface area contributed by atoms with E-state index in [2.05, 4.69) is 43.0 Å². The van der Waals surface area contributed by atoms with Crippen LogP contribution in [0.3, 0.4) is 0 Å². The molecule has 1 aromatic rings. The summed E-state index contributed by atoms with van der Waals surface area (Å²) in [4.78, 5) is 18.8. The third-order valence-electron chi connectivity index (χ3n) is 6.78. The summed E-state index contributed by atoms with van der Waals surface area (Å²) in [6.45, 7) is 8.28. The summed E-state index contributed by atoms with van der Waals surface area (Å²) in [6.07, 6.45) is 6.06. The lowest BCUT2D eigenvalue weighted by molar-refractivity contribution is 0.116. The van der Waals surface area contributed by atoms with Gasteiger partial charge in [0.2, 0.25) is 0 Å². The molecule has 1 fully saturated rings. The Labute approximate surface area is 165 Å². The second kappa shape index (κ2) is 8.22. The minimum absolute atomic E-state index is 0.0919. The molecule has 1 atom stereocenters. The molecular formula is C23H37N3O. The number of hydrogen-bond acceptors (Lipinski definition) is 2. The van der Waals surface area contributed by atoms with Crippen molar-refractivity contribution in [2.75, 3.05) is 40.8 Å². The van der Waals surface area contributed by atoms with Crippen molar-refractivity contribution >= 4 is 6.03 Å². The van der Waals surface area contributed by atoms with E-state index in [0.717, 1.165) is 12.3 Å². The number of fused-ring (bicyclic) bond motifs is 2. The number of hydrogen-bond donors (Lipinski definition) is 0. The number of rotatable bonds is 4. The third kappa shape index (κ3) is 4.16.